The number of nitrogens with two attached hydrogens (primary N) is 1. The van der Waals surface area contributed by atoms with Gasteiger partial charge in [-0.15, -0.1) is 12.4 Å². The molecule has 0 saturated heterocycles. The summed E-state index contributed by atoms with van der Waals surface area (Å²) in [5.74, 6) is -0.888. The lowest BCUT2D eigenvalue weighted by molar-refractivity contribution is -0.131. The zero-order chi connectivity index (χ0) is 12.1. The molecule has 6 heteroatoms. The van der Waals surface area contributed by atoms with Gasteiger partial charge in [0.05, 0.1) is 7.11 Å². The summed E-state index contributed by atoms with van der Waals surface area (Å²) in [6.45, 7) is 1.56. The molecule has 1 aromatic carbocycles. The van der Waals surface area contributed by atoms with Crippen molar-refractivity contribution < 1.29 is 19.1 Å². The molecular formula is C11H14ClNO4. The minimum atomic E-state index is -0.556. The third-order valence-corrected chi connectivity index (χ3v) is 1.94. The van der Waals surface area contributed by atoms with E-state index >= 15 is 0 Å². The highest BCUT2D eigenvalue weighted by atomic mass is 35.5. The van der Waals surface area contributed by atoms with Gasteiger partial charge in [0.2, 0.25) is 0 Å². The van der Waals surface area contributed by atoms with Crippen LogP contribution in [-0.4, -0.2) is 19.0 Å². The number of esters is 2. The van der Waals surface area contributed by atoms with Crippen LogP contribution >= 0.6 is 12.4 Å². The van der Waals surface area contributed by atoms with Gasteiger partial charge in [0, 0.05) is 13.5 Å². The second-order valence-corrected chi connectivity index (χ2v) is 3.12. The number of benzene rings is 1. The number of hydrogen-bond donors (Lipinski definition) is 1. The van der Waals surface area contributed by atoms with Crippen molar-refractivity contribution in [2.75, 3.05) is 7.11 Å². The molecular weight excluding hydrogens is 246 g/mol. The molecule has 0 aliphatic carbocycles. The van der Waals surface area contributed by atoms with Gasteiger partial charge in [-0.1, -0.05) is 6.07 Å². The smallest absolute Gasteiger partial charge is 0.341 e. The molecule has 0 saturated carbocycles. The summed E-state index contributed by atoms with van der Waals surface area (Å²) in [6.07, 6.45) is 0. The van der Waals surface area contributed by atoms with Crippen molar-refractivity contribution in [2.45, 2.75) is 13.5 Å². The Hall–Kier alpha value is -1.59. The lowest BCUT2D eigenvalue weighted by atomic mass is 10.1. The summed E-state index contributed by atoms with van der Waals surface area (Å²) < 4.78 is 9.49. The summed E-state index contributed by atoms with van der Waals surface area (Å²) in [5.41, 5.74) is 6.42. The third kappa shape index (κ3) is 4.05. The number of carbonyl (C=O) groups excluding carboxylic acids is 2. The number of ether oxygens (including phenoxy) is 2. The summed E-state index contributed by atoms with van der Waals surface area (Å²) in [6, 6.07) is 4.75. The maximum absolute atomic E-state index is 11.4. The molecule has 0 unspecified atom stereocenters. The van der Waals surface area contributed by atoms with Crippen LogP contribution in [0.25, 0.3) is 0 Å². The normalized spacial score (nSPS) is 9.12. The molecule has 5 nitrogen and oxygen atoms in total. The molecule has 17 heavy (non-hydrogen) atoms. The highest BCUT2D eigenvalue weighted by Crippen LogP contribution is 2.21. The Morgan fingerprint density at radius 3 is 2.47 bits per heavy atom. The Labute approximate surface area is 105 Å². The average molecular weight is 260 g/mol. The molecule has 1 aromatic rings. The predicted octanol–water partition coefficient (Wildman–Crippen LogP) is 1.28. The van der Waals surface area contributed by atoms with Crippen LogP contribution < -0.4 is 10.5 Å². The average Bonchev–Trinajstić information content (AvgIpc) is 2.27. The highest BCUT2D eigenvalue weighted by molar-refractivity contribution is 5.93. The lowest BCUT2D eigenvalue weighted by Crippen LogP contribution is -2.10. The van der Waals surface area contributed by atoms with Gasteiger partial charge in [-0.3, -0.25) is 4.79 Å². The first-order valence-corrected chi connectivity index (χ1v) is 4.68. The molecule has 0 radical (unpaired) electrons. The van der Waals surface area contributed by atoms with Crippen molar-refractivity contribution >= 4 is 24.3 Å². The molecule has 0 amide bonds. The summed E-state index contributed by atoms with van der Waals surface area (Å²) in [4.78, 5) is 22.2. The molecule has 2 N–H and O–H groups in total. The molecule has 0 aromatic heterocycles. The van der Waals surface area contributed by atoms with E-state index in [0.717, 1.165) is 5.56 Å². The zero-order valence-electron chi connectivity index (χ0n) is 9.56. The Balaban J connectivity index is 0.00000256. The molecule has 0 aliphatic heterocycles. The fourth-order valence-corrected chi connectivity index (χ4v) is 1.21. The van der Waals surface area contributed by atoms with Gasteiger partial charge in [0.1, 0.15) is 11.3 Å². The van der Waals surface area contributed by atoms with E-state index in [0.29, 0.717) is 6.54 Å². The lowest BCUT2D eigenvalue weighted by Gasteiger charge is -2.08. The largest absolute Gasteiger partial charge is 0.465 e. The topological polar surface area (TPSA) is 78.6 Å². The maximum atomic E-state index is 11.4. The standard InChI is InChI=1S/C11H13NO4.ClH/c1-7(13)16-10-5-8(6-12)3-4-9(10)11(14)15-2;/h3-5H,6,12H2,1-2H3;1H. The summed E-state index contributed by atoms with van der Waals surface area (Å²) in [7, 11) is 1.26. The monoisotopic (exact) mass is 259 g/mol. The second kappa shape index (κ2) is 6.88. The predicted molar refractivity (Wildman–Crippen MR) is 64.2 cm³/mol. The van der Waals surface area contributed by atoms with E-state index < -0.39 is 11.9 Å². The highest BCUT2D eigenvalue weighted by Gasteiger charge is 2.14. The van der Waals surface area contributed by atoms with Crippen molar-refractivity contribution in [2.24, 2.45) is 5.73 Å². The van der Waals surface area contributed by atoms with Crippen molar-refractivity contribution in [3.05, 3.63) is 29.3 Å². The first-order chi connectivity index (χ1) is 7.58. The van der Waals surface area contributed by atoms with Gasteiger partial charge in [-0.25, -0.2) is 4.79 Å². The Morgan fingerprint density at radius 1 is 1.35 bits per heavy atom. The zero-order valence-corrected chi connectivity index (χ0v) is 10.4. The van der Waals surface area contributed by atoms with Gasteiger partial charge in [-0.05, 0) is 17.7 Å². The summed E-state index contributed by atoms with van der Waals surface area (Å²) in [5, 5.41) is 0. The van der Waals surface area contributed by atoms with E-state index in [9.17, 15) is 9.59 Å². The van der Waals surface area contributed by atoms with Gasteiger partial charge in [0.15, 0.2) is 0 Å². The van der Waals surface area contributed by atoms with Crippen LogP contribution in [0, 0.1) is 0 Å². The van der Waals surface area contributed by atoms with Crippen LogP contribution in [0.1, 0.15) is 22.8 Å². The minimum absolute atomic E-state index is 0. The van der Waals surface area contributed by atoms with Crippen molar-refractivity contribution in [3.8, 4) is 5.75 Å². The van der Waals surface area contributed by atoms with Gasteiger partial charge < -0.3 is 15.2 Å². The van der Waals surface area contributed by atoms with Crippen LogP contribution in [0.4, 0.5) is 0 Å². The Bertz CT molecular complexity index is 420. The first-order valence-electron chi connectivity index (χ1n) is 4.68. The number of rotatable bonds is 3. The number of halogens is 1. The number of hydrogen-bond acceptors (Lipinski definition) is 5. The van der Waals surface area contributed by atoms with E-state index in [4.69, 9.17) is 10.5 Å². The molecule has 94 valence electrons. The number of methoxy groups -OCH3 is 1. The quantitative estimate of drug-likeness (QED) is 0.653. The van der Waals surface area contributed by atoms with E-state index in [1.807, 2.05) is 0 Å². The minimum Gasteiger partial charge on any atom is -0.465 e. The molecule has 0 bridgehead atoms. The van der Waals surface area contributed by atoms with Crippen molar-refractivity contribution in [1.82, 2.24) is 0 Å². The molecule has 0 atom stereocenters. The van der Waals surface area contributed by atoms with Crippen molar-refractivity contribution in [1.29, 1.82) is 0 Å². The van der Waals surface area contributed by atoms with Crippen LogP contribution in [0.5, 0.6) is 5.75 Å². The van der Waals surface area contributed by atoms with E-state index in [1.54, 1.807) is 12.1 Å². The number of carbonyl (C=O) groups is 2. The van der Waals surface area contributed by atoms with Crippen LogP contribution in [0.3, 0.4) is 0 Å². The molecule has 0 spiro atoms. The molecule has 0 heterocycles. The second-order valence-electron chi connectivity index (χ2n) is 3.12. The van der Waals surface area contributed by atoms with E-state index in [2.05, 4.69) is 4.74 Å². The van der Waals surface area contributed by atoms with Gasteiger partial charge in [0.25, 0.3) is 0 Å². The van der Waals surface area contributed by atoms with E-state index in [1.165, 1.54) is 20.1 Å². The fourth-order valence-electron chi connectivity index (χ4n) is 1.21. The third-order valence-electron chi connectivity index (χ3n) is 1.94. The Morgan fingerprint density at radius 2 is 2.00 bits per heavy atom. The molecule has 0 aliphatic rings. The van der Waals surface area contributed by atoms with Gasteiger partial charge in [-0.2, -0.15) is 0 Å². The molecule has 1 rings (SSSR count). The SMILES string of the molecule is COC(=O)c1ccc(CN)cc1OC(C)=O.Cl. The summed E-state index contributed by atoms with van der Waals surface area (Å²) >= 11 is 0. The van der Waals surface area contributed by atoms with Crippen molar-refractivity contribution in [3.63, 3.8) is 0 Å². The first kappa shape index (κ1) is 15.4. The van der Waals surface area contributed by atoms with E-state index in [-0.39, 0.29) is 23.7 Å². The van der Waals surface area contributed by atoms with Crippen LogP contribution in [0.2, 0.25) is 0 Å². The maximum Gasteiger partial charge on any atom is 0.341 e. The van der Waals surface area contributed by atoms with Gasteiger partial charge >= 0.3 is 11.9 Å². The Kier molecular flexibility index (Phi) is 6.23. The van der Waals surface area contributed by atoms with Crippen LogP contribution in [-0.2, 0) is 16.1 Å². The van der Waals surface area contributed by atoms with Crippen LogP contribution in [0.15, 0.2) is 18.2 Å². The molecule has 0 fully saturated rings. The fraction of sp³-hybridized carbons (Fsp3) is 0.273.